The van der Waals surface area contributed by atoms with E-state index in [2.05, 4.69) is 0 Å². The molecular formula is C17H18FNO6S. The quantitative estimate of drug-likeness (QED) is 0.753. The summed E-state index contributed by atoms with van der Waals surface area (Å²) in [5.74, 6) is -1.82. The van der Waals surface area contributed by atoms with Crippen molar-refractivity contribution in [3.05, 3.63) is 48.3 Å². The van der Waals surface area contributed by atoms with Crippen molar-refractivity contribution in [3.8, 4) is 11.5 Å². The molecule has 0 saturated heterocycles. The Kier molecular flexibility index (Phi) is 6.04. The van der Waals surface area contributed by atoms with E-state index in [1.807, 2.05) is 0 Å². The zero-order valence-corrected chi connectivity index (χ0v) is 15.0. The number of carboxylic acids is 1. The molecule has 0 heterocycles. The van der Waals surface area contributed by atoms with Crippen LogP contribution in [-0.2, 0) is 14.8 Å². The number of carbonyl (C=O) groups is 1. The molecule has 0 unspecified atom stereocenters. The minimum Gasteiger partial charge on any atom is -0.494 e. The summed E-state index contributed by atoms with van der Waals surface area (Å²) >= 11 is 0. The van der Waals surface area contributed by atoms with Gasteiger partial charge in [-0.3, -0.25) is 9.10 Å². The number of hydrogen-bond donors (Lipinski definition) is 1. The number of methoxy groups -OCH3 is 1. The van der Waals surface area contributed by atoms with Gasteiger partial charge in [0.05, 0.1) is 24.3 Å². The van der Waals surface area contributed by atoms with Crippen LogP contribution in [0.5, 0.6) is 11.5 Å². The number of ether oxygens (including phenoxy) is 2. The lowest BCUT2D eigenvalue weighted by Gasteiger charge is -2.23. The summed E-state index contributed by atoms with van der Waals surface area (Å²) in [6, 6.07) is 9.00. The number of benzene rings is 2. The molecule has 1 N–H and O–H groups in total. The maximum Gasteiger partial charge on any atom is 0.324 e. The number of rotatable bonds is 8. The topological polar surface area (TPSA) is 93.1 Å². The highest BCUT2D eigenvalue weighted by atomic mass is 32.2. The minimum absolute atomic E-state index is 0.116. The average Bonchev–Trinajstić information content (AvgIpc) is 2.60. The van der Waals surface area contributed by atoms with Crippen LogP contribution in [0.15, 0.2) is 47.4 Å². The monoisotopic (exact) mass is 383 g/mol. The molecule has 26 heavy (non-hydrogen) atoms. The molecule has 0 aliphatic heterocycles. The lowest BCUT2D eigenvalue weighted by atomic mass is 10.3. The van der Waals surface area contributed by atoms with Crippen molar-refractivity contribution in [3.63, 3.8) is 0 Å². The van der Waals surface area contributed by atoms with Gasteiger partial charge in [0.15, 0.2) is 11.6 Å². The van der Waals surface area contributed by atoms with Crippen LogP contribution in [-0.4, -0.2) is 39.8 Å². The smallest absolute Gasteiger partial charge is 0.324 e. The molecule has 0 saturated carbocycles. The van der Waals surface area contributed by atoms with Crippen LogP contribution >= 0.6 is 0 Å². The molecule has 7 nitrogen and oxygen atoms in total. The fourth-order valence-electron chi connectivity index (χ4n) is 2.25. The number of halogens is 1. The fraction of sp³-hybridized carbons (Fsp3) is 0.235. The number of anilines is 1. The van der Waals surface area contributed by atoms with E-state index in [0.29, 0.717) is 16.7 Å². The second-order valence-electron chi connectivity index (χ2n) is 5.13. The highest BCUT2D eigenvalue weighted by molar-refractivity contribution is 7.92. The first-order valence-corrected chi connectivity index (χ1v) is 9.04. The first-order chi connectivity index (χ1) is 12.3. The van der Waals surface area contributed by atoms with Crippen LogP contribution in [0.2, 0.25) is 0 Å². The lowest BCUT2D eigenvalue weighted by Crippen LogP contribution is -2.35. The van der Waals surface area contributed by atoms with Crippen LogP contribution in [0.4, 0.5) is 10.1 Å². The molecular weight excluding hydrogens is 365 g/mol. The summed E-state index contributed by atoms with van der Waals surface area (Å²) in [6.45, 7) is 1.42. The van der Waals surface area contributed by atoms with Gasteiger partial charge in [-0.05, 0) is 49.4 Å². The molecule has 0 aromatic heterocycles. The van der Waals surface area contributed by atoms with E-state index < -0.39 is 28.4 Å². The van der Waals surface area contributed by atoms with Crippen LogP contribution in [0.25, 0.3) is 0 Å². The van der Waals surface area contributed by atoms with Crippen LogP contribution in [0.1, 0.15) is 6.92 Å². The van der Waals surface area contributed by atoms with Gasteiger partial charge in [-0.15, -0.1) is 0 Å². The van der Waals surface area contributed by atoms with Gasteiger partial charge in [0.25, 0.3) is 10.0 Å². The third-order valence-corrected chi connectivity index (χ3v) is 5.20. The predicted octanol–water partition coefficient (Wildman–Crippen LogP) is 2.51. The van der Waals surface area contributed by atoms with Crippen molar-refractivity contribution in [2.75, 3.05) is 24.6 Å². The van der Waals surface area contributed by atoms with Gasteiger partial charge in [0.1, 0.15) is 12.3 Å². The third kappa shape index (κ3) is 4.23. The van der Waals surface area contributed by atoms with E-state index in [0.717, 1.165) is 12.1 Å². The van der Waals surface area contributed by atoms with Crippen molar-refractivity contribution in [2.45, 2.75) is 11.8 Å². The normalized spacial score (nSPS) is 11.0. The van der Waals surface area contributed by atoms with E-state index in [9.17, 15) is 17.6 Å². The molecule has 2 aromatic carbocycles. The number of sulfonamides is 1. The first kappa shape index (κ1) is 19.5. The van der Waals surface area contributed by atoms with E-state index in [1.165, 1.54) is 37.4 Å². The lowest BCUT2D eigenvalue weighted by molar-refractivity contribution is -0.135. The van der Waals surface area contributed by atoms with E-state index in [4.69, 9.17) is 14.6 Å². The summed E-state index contributed by atoms with van der Waals surface area (Å²) in [6.07, 6.45) is 0. The van der Waals surface area contributed by atoms with E-state index in [-0.39, 0.29) is 16.3 Å². The maximum atomic E-state index is 13.9. The molecule has 2 rings (SSSR count). The summed E-state index contributed by atoms with van der Waals surface area (Å²) in [5.41, 5.74) is 0.118. The Morgan fingerprint density at radius 2 is 1.85 bits per heavy atom. The van der Waals surface area contributed by atoms with Crippen LogP contribution in [0.3, 0.4) is 0 Å². The number of aliphatic carboxylic acids is 1. The number of carboxylic acid groups (broad SMARTS) is 1. The van der Waals surface area contributed by atoms with Crippen molar-refractivity contribution in [1.29, 1.82) is 0 Å². The predicted molar refractivity (Wildman–Crippen MR) is 92.7 cm³/mol. The first-order valence-electron chi connectivity index (χ1n) is 7.60. The zero-order valence-electron chi connectivity index (χ0n) is 14.2. The summed E-state index contributed by atoms with van der Waals surface area (Å²) in [5, 5.41) is 9.11. The summed E-state index contributed by atoms with van der Waals surface area (Å²) in [7, 11) is -3.05. The summed E-state index contributed by atoms with van der Waals surface area (Å²) < 4.78 is 50.4. The molecule has 0 radical (unpaired) electrons. The van der Waals surface area contributed by atoms with Gasteiger partial charge in [0.2, 0.25) is 0 Å². The van der Waals surface area contributed by atoms with Crippen molar-refractivity contribution >= 4 is 21.7 Å². The van der Waals surface area contributed by atoms with E-state index >= 15 is 0 Å². The average molecular weight is 383 g/mol. The highest BCUT2D eigenvalue weighted by Gasteiger charge is 2.28. The van der Waals surface area contributed by atoms with Crippen LogP contribution < -0.4 is 13.8 Å². The second-order valence-corrected chi connectivity index (χ2v) is 6.99. The Bertz CT molecular complexity index is 883. The Hall–Kier alpha value is -2.81. The Labute approximate surface area is 150 Å². The second kappa shape index (κ2) is 8.05. The van der Waals surface area contributed by atoms with Gasteiger partial charge < -0.3 is 14.6 Å². The van der Waals surface area contributed by atoms with Crippen molar-refractivity contribution in [2.24, 2.45) is 0 Å². The summed E-state index contributed by atoms with van der Waals surface area (Å²) in [4.78, 5) is 10.8. The Morgan fingerprint density at radius 1 is 1.19 bits per heavy atom. The van der Waals surface area contributed by atoms with Gasteiger partial charge >= 0.3 is 5.97 Å². The molecule has 0 bridgehead atoms. The Morgan fingerprint density at radius 3 is 2.35 bits per heavy atom. The molecule has 0 fully saturated rings. The largest absolute Gasteiger partial charge is 0.494 e. The number of nitrogens with zero attached hydrogens (tertiary/aromatic N) is 1. The van der Waals surface area contributed by atoms with Gasteiger partial charge in [0, 0.05) is 0 Å². The van der Waals surface area contributed by atoms with Crippen molar-refractivity contribution < 1.29 is 32.2 Å². The minimum atomic E-state index is -4.31. The standard InChI is InChI=1S/C17H18FNO6S/c1-3-25-13-6-4-12(5-7-13)19(11-17(20)21)26(22,23)14-8-9-16(24-2)15(18)10-14/h4-10H,3,11H2,1-2H3,(H,20,21). The molecule has 0 spiro atoms. The SMILES string of the molecule is CCOc1ccc(N(CC(=O)O)S(=O)(=O)c2ccc(OC)c(F)c2)cc1. The molecule has 2 aromatic rings. The van der Waals surface area contributed by atoms with E-state index in [1.54, 1.807) is 6.92 Å². The molecule has 0 aliphatic carbocycles. The van der Waals surface area contributed by atoms with Gasteiger partial charge in [-0.25, -0.2) is 12.8 Å². The zero-order chi connectivity index (χ0) is 19.3. The van der Waals surface area contributed by atoms with Crippen LogP contribution in [0, 0.1) is 5.82 Å². The number of hydrogen-bond acceptors (Lipinski definition) is 5. The maximum absolute atomic E-state index is 13.9. The van der Waals surface area contributed by atoms with Gasteiger partial charge in [-0.2, -0.15) is 0 Å². The highest BCUT2D eigenvalue weighted by Crippen LogP contribution is 2.28. The third-order valence-electron chi connectivity index (χ3n) is 3.43. The molecule has 0 atom stereocenters. The van der Waals surface area contributed by atoms with Gasteiger partial charge in [-0.1, -0.05) is 0 Å². The molecule has 0 amide bonds. The molecule has 140 valence electrons. The molecule has 9 heteroatoms. The Balaban J connectivity index is 2.47. The van der Waals surface area contributed by atoms with Crippen molar-refractivity contribution in [1.82, 2.24) is 0 Å². The molecule has 0 aliphatic rings. The fourth-order valence-corrected chi connectivity index (χ4v) is 3.67.